The number of aliphatic hydroxyl groups is 1. The van der Waals surface area contributed by atoms with Gasteiger partial charge in [0.1, 0.15) is 0 Å². The van der Waals surface area contributed by atoms with E-state index in [-0.39, 0.29) is 6.10 Å². The van der Waals surface area contributed by atoms with Gasteiger partial charge in [0.25, 0.3) is 0 Å². The highest BCUT2D eigenvalue weighted by molar-refractivity contribution is 5.16. The van der Waals surface area contributed by atoms with E-state index in [4.69, 9.17) is 4.74 Å². The van der Waals surface area contributed by atoms with E-state index in [0.717, 1.165) is 31.4 Å². The van der Waals surface area contributed by atoms with Crippen molar-refractivity contribution in [3.8, 4) is 5.88 Å². The molecule has 2 atom stereocenters. The summed E-state index contributed by atoms with van der Waals surface area (Å²) >= 11 is 0. The van der Waals surface area contributed by atoms with E-state index >= 15 is 0 Å². The first-order chi connectivity index (χ1) is 7.79. The maximum atomic E-state index is 9.90. The van der Waals surface area contributed by atoms with E-state index in [0.29, 0.717) is 11.8 Å². The Morgan fingerprint density at radius 3 is 2.94 bits per heavy atom. The lowest BCUT2D eigenvalue weighted by molar-refractivity contribution is 0.0694. The molecule has 2 unspecified atom stereocenters. The molecular formula is C13H19NO2. The van der Waals surface area contributed by atoms with Gasteiger partial charge in [-0.25, -0.2) is 4.98 Å². The average molecular weight is 221 g/mol. The Bertz CT molecular complexity index is 340. The SMILES string of the molecule is COc1cccc(CC2CCCCC2O)n1. The van der Waals surface area contributed by atoms with Crippen LogP contribution in [0.4, 0.5) is 0 Å². The Kier molecular flexibility index (Phi) is 3.78. The number of methoxy groups -OCH3 is 1. The third kappa shape index (κ3) is 2.73. The van der Waals surface area contributed by atoms with Gasteiger partial charge in [-0.2, -0.15) is 0 Å². The minimum atomic E-state index is -0.151. The van der Waals surface area contributed by atoms with Crippen LogP contribution in [0.25, 0.3) is 0 Å². The van der Waals surface area contributed by atoms with Gasteiger partial charge in [-0.05, 0) is 31.2 Å². The van der Waals surface area contributed by atoms with Crippen molar-refractivity contribution in [3.63, 3.8) is 0 Å². The second kappa shape index (κ2) is 5.30. The summed E-state index contributed by atoms with van der Waals surface area (Å²) in [7, 11) is 1.63. The molecule has 88 valence electrons. The second-order valence-corrected chi connectivity index (χ2v) is 4.49. The molecule has 1 heterocycles. The number of ether oxygens (including phenoxy) is 1. The lowest BCUT2D eigenvalue weighted by Crippen LogP contribution is -2.26. The minimum Gasteiger partial charge on any atom is -0.481 e. The van der Waals surface area contributed by atoms with Gasteiger partial charge in [-0.15, -0.1) is 0 Å². The summed E-state index contributed by atoms with van der Waals surface area (Å²) in [4.78, 5) is 4.39. The fourth-order valence-electron chi connectivity index (χ4n) is 2.38. The molecule has 0 spiro atoms. The van der Waals surface area contributed by atoms with Crippen molar-refractivity contribution in [2.75, 3.05) is 7.11 Å². The summed E-state index contributed by atoms with van der Waals surface area (Å²) in [5.41, 5.74) is 1.02. The van der Waals surface area contributed by atoms with E-state index in [9.17, 15) is 5.11 Å². The molecule has 0 aromatic carbocycles. The predicted molar refractivity (Wildman–Crippen MR) is 62.5 cm³/mol. The van der Waals surface area contributed by atoms with Crippen molar-refractivity contribution < 1.29 is 9.84 Å². The summed E-state index contributed by atoms with van der Waals surface area (Å²) in [6.07, 6.45) is 5.14. The monoisotopic (exact) mass is 221 g/mol. The Morgan fingerprint density at radius 2 is 2.19 bits per heavy atom. The number of hydrogen-bond donors (Lipinski definition) is 1. The molecule has 1 fully saturated rings. The van der Waals surface area contributed by atoms with Crippen molar-refractivity contribution in [1.82, 2.24) is 4.98 Å². The Morgan fingerprint density at radius 1 is 1.38 bits per heavy atom. The standard InChI is InChI=1S/C13H19NO2/c1-16-13-8-4-6-11(14-13)9-10-5-2-3-7-12(10)15/h4,6,8,10,12,15H,2-3,5,7,9H2,1H3. The number of aromatic nitrogens is 1. The molecule has 0 aliphatic heterocycles. The summed E-state index contributed by atoms with van der Waals surface area (Å²) in [5, 5.41) is 9.90. The quantitative estimate of drug-likeness (QED) is 0.850. The highest BCUT2D eigenvalue weighted by Gasteiger charge is 2.23. The smallest absolute Gasteiger partial charge is 0.213 e. The molecule has 1 N–H and O–H groups in total. The van der Waals surface area contributed by atoms with Gasteiger partial charge in [0.05, 0.1) is 13.2 Å². The van der Waals surface area contributed by atoms with Gasteiger partial charge in [0.15, 0.2) is 0 Å². The van der Waals surface area contributed by atoms with Crippen LogP contribution in [0.1, 0.15) is 31.4 Å². The first-order valence-corrected chi connectivity index (χ1v) is 5.97. The molecule has 0 radical (unpaired) electrons. The first kappa shape index (κ1) is 11.4. The highest BCUT2D eigenvalue weighted by Crippen LogP contribution is 2.27. The maximum absolute atomic E-state index is 9.90. The van der Waals surface area contributed by atoms with Crippen LogP contribution >= 0.6 is 0 Å². The molecule has 0 amide bonds. The van der Waals surface area contributed by atoms with Gasteiger partial charge >= 0.3 is 0 Å². The maximum Gasteiger partial charge on any atom is 0.213 e. The molecule has 0 saturated heterocycles. The molecular weight excluding hydrogens is 202 g/mol. The molecule has 3 heteroatoms. The predicted octanol–water partition coefficient (Wildman–Crippen LogP) is 2.18. The third-order valence-corrected chi connectivity index (χ3v) is 3.33. The van der Waals surface area contributed by atoms with Gasteiger partial charge in [0, 0.05) is 11.8 Å². The molecule has 1 aromatic heterocycles. The van der Waals surface area contributed by atoms with Gasteiger partial charge < -0.3 is 9.84 Å². The van der Waals surface area contributed by atoms with Crippen molar-refractivity contribution in [2.45, 2.75) is 38.2 Å². The van der Waals surface area contributed by atoms with Gasteiger partial charge in [0.2, 0.25) is 5.88 Å². The highest BCUT2D eigenvalue weighted by atomic mass is 16.5. The van der Waals surface area contributed by atoms with E-state index in [2.05, 4.69) is 4.98 Å². The summed E-state index contributed by atoms with van der Waals surface area (Å²) in [6, 6.07) is 5.81. The molecule has 1 aliphatic rings. The van der Waals surface area contributed by atoms with Crippen molar-refractivity contribution in [1.29, 1.82) is 0 Å². The zero-order chi connectivity index (χ0) is 11.4. The average Bonchev–Trinajstić information content (AvgIpc) is 2.32. The summed E-state index contributed by atoms with van der Waals surface area (Å²) in [6.45, 7) is 0. The largest absolute Gasteiger partial charge is 0.481 e. The van der Waals surface area contributed by atoms with E-state index < -0.39 is 0 Å². The van der Waals surface area contributed by atoms with E-state index in [1.165, 1.54) is 6.42 Å². The van der Waals surface area contributed by atoms with E-state index in [1.807, 2.05) is 18.2 Å². The van der Waals surface area contributed by atoms with Crippen LogP contribution in [0.3, 0.4) is 0 Å². The topological polar surface area (TPSA) is 42.4 Å². The van der Waals surface area contributed by atoms with Crippen molar-refractivity contribution in [3.05, 3.63) is 23.9 Å². The Balaban J connectivity index is 2.01. The number of hydrogen-bond acceptors (Lipinski definition) is 3. The number of aliphatic hydroxyl groups excluding tert-OH is 1. The van der Waals surface area contributed by atoms with Gasteiger partial charge in [-0.1, -0.05) is 18.9 Å². The van der Waals surface area contributed by atoms with Crippen molar-refractivity contribution >= 4 is 0 Å². The number of nitrogens with zero attached hydrogens (tertiary/aromatic N) is 1. The minimum absolute atomic E-state index is 0.151. The lowest BCUT2D eigenvalue weighted by atomic mass is 9.83. The van der Waals surface area contributed by atoms with Crippen LogP contribution in [0.15, 0.2) is 18.2 Å². The van der Waals surface area contributed by atoms with E-state index in [1.54, 1.807) is 7.11 Å². The summed E-state index contributed by atoms with van der Waals surface area (Å²) < 4.78 is 5.10. The third-order valence-electron chi connectivity index (χ3n) is 3.33. The zero-order valence-corrected chi connectivity index (χ0v) is 9.72. The molecule has 1 aromatic rings. The molecule has 2 rings (SSSR count). The van der Waals surface area contributed by atoms with Crippen LogP contribution in [-0.4, -0.2) is 23.3 Å². The molecule has 1 saturated carbocycles. The summed E-state index contributed by atoms with van der Waals surface area (Å²) in [5.74, 6) is 1.02. The van der Waals surface area contributed by atoms with Crippen LogP contribution < -0.4 is 4.74 Å². The number of rotatable bonds is 3. The van der Waals surface area contributed by atoms with Crippen LogP contribution in [0.5, 0.6) is 5.88 Å². The molecule has 3 nitrogen and oxygen atoms in total. The zero-order valence-electron chi connectivity index (χ0n) is 9.72. The fraction of sp³-hybridized carbons (Fsp3) is 0.615. The molecule has 16 heavy (non-hydrogen) atoms. The Hall–Kier alpha value is -1.09. The first-order valence-electron chi connectivity index (χ1n) is 5.97. The molecule has 0 bridgehead atoms. The second-order valence-electron chi connectivity index (χ2n) is 4.49. The van der Waals surface area contributed by atoms with Crippen LogP contribution in [0.2, 0.25) is 0 Å². The van der Waals surface area contributed by atoms with Gasteiger partial charge in [-0.3, -0.25) is 0 Å². The van der Waals surface area contributed by atoms with Crippen LogP contribution in [-0.2, 0) is 6.42 Å². The normalized spacial score (nSPS) is 25.4. The lowest BCUT2D eigenvalue weighted by Gasteiger charge is -2.27. The van der Waals surface area contributed by atoms with Crippen molar-refractivity contribution in [2.24, 2.45) is 5.92 Å². The fourth-order valence-corrected chi connectivity index (χ4v) is 2.38. The van der Waals surface area contributed by atoms with Crippen LogP contribution in [0, 0.1) is 5.92 Å². The number of pyridine rings is 1. The Labute approximate surface area is 96.5 Å². The molecule has 1 aliphatic carbocycles.